The second-order valence-electron chi connectivity index (χ2n) is 3.24. The van der Waals surface area contributed by atoms with Gasteiger partial charge in [0.15, 0.2) is 0 Å². The van der Waals surface area contributed by atoms with Crippen molar-refractivity contribution in [2.45, 2.75) is 18.2 Å². The van der Waals surface area contributed by atoms with E-state index in [1.54, 1.807) is 16.8 Å². The van der Waals surface area contributed by atoms with Crippen molar-refractivity contribution in [2.24, 2.45) is 0 Å². The predicted molar refractivity (Wildman–Crippen MR) is 67.6 cm³/mol. The summed E-state index contributed by atoms with van der Waals surface area (Å²) in [4.78, 5) is 0.865. The first-order valence-electron chi connectivity index (χ1n) is 4.99. The molecule has 0 N–H and O–H groups in total. The number of benzene rings is 1. The maximum atomic E-state index is 5.43. The van der Waals surface area contributed by atoms with Crippen LogP contribution in [0.15, 0.2) is 28.6 Å². The van der Waals surface area contributed by atoms with Gasteiger partial charge < -0.3 is 4.74 Å². The summed E-state index contributed by atoms with van der Waals surface area (Å²) < 4.78 is 5.43. The second kappa shape index (κ2) is 5.32. The Bertz CT molecular complexity index is 457. The standard InChI is InChI=1S/C11H12N2OS2/c1-2-14-9-4-3-8(5-10(9)15)6-11-13-12-7-16-11/h3-5,7,15H,2,6H2,1H3. The Labute approximate surface area is 104 Å². The fraction of sp³-hybridized carbons (Fsp3) is 0.273. The lowest BCUT2D eigenvalue weighted by Crippen LogP contribution is -1.94. The third-order valence-corrected chi connectivity index (χ3v) is 3.13. The molecule has 0 aliphatic rings. The van der Waals surface area contributed by atoms with Crippen LogP contribution in [0.3, 0.4) is 0 Å². The van der Waals surface area contributed by atoms with E-state index in [0.717, 1.165) is 22.1 Å². The third kappa shape index (κ3) is 2.74. The van der Waals surface area contributed by atoms with Crippen LogP contribution in [-0.4, -0.2) is 16.8 Å². The summed E-state index contributed by atoms with van der Waals surface area (Å²) in [5, 5.41) is 8.84. The molecule has 1 aromatic heterocycles. The molecule has 0 atom stereocenters. The minimum atomic E-state index is 0.656. The first-order valence-corrected chi connectivity index (χ1v) is 6.32. The zero-order valence-corrected chi connectivity index (χ0v) is 10.6. The van der Waals surface area contributed by atoms with Crippen LogP contribution >= 0.6 is 24.0 Å². The van der Waals surface area contributed by atoms with Crippen LogP contribution in [0.5, 0.6) is 5.75 Å². The summed E-state index contributed by atoms with van der Waals surface area (Å²) >= 11 is 5.95. The zero-order chi connectivity index (χ0) is 11.4. The highest BCUT2D eigenvalue weighted by Crippen LogP contribution is 2.25. The maximum absolute atomic E-state index is 5.43. The van der Waals surface area contributed by atoms with Crippen molar-refractivity contribution in [1.82, 2.24) is 10.2 Å². The van der Waals surface area contributed by atoms with E-state index in [1.165, 1.54) is 5.56 Å². The summed E-state index contributed by atoms with van der Waals surface area (Å²) in [6.45, 7) is 2.62. The molecule has 5 heteroatoms. The zero-order valence-electron chi connectivity index (χ0n) is 8.88. The maximum Gasteiger partial charge on any atom is 0.132 e. The van der Waals surface area contributed by atoms with E-state index >= 15 is 0 Å². The van der Waals surface area contributed by atoms with Crippen molar-refractivity contribution < 1.29 is 4.74 Å². The summed E-state index contributed by atoms with van der Waals surface area (Å²) in [5.41, 5.74) is 2.91. The lowest BCUT2D eigenvalue weighted by molar-refractivity contribution is 0.332. The monoisotopic (exact) mass is 252 g/mol. The van der Waals surface area contributed by atoms with Crippen molar-refractivity contribution in [3.8, 4) is 5.75 Å². The van der Waals surface area contributed by atoms with Gasteiger partial charge in [0.2, 0.25) is 0 Å². The molecule has 0 amide bonds. The van der Waals surface area contributed by atoms with Crippen LogP contribution in [0.25, 0.3) is 0 Å². The molecular formula is C11H12N2OS2. The lowest BCUT2D eigenvalue weighted by atomic mass is 10.1. The number of hydrogen-bond acceptors (Lipinski definition) is 5. The van der Waals surface area contributed by atoms with E-state index < -0.39 is 0 Å². The second-order valence-corrected chi connectivity index (χ2v) is 4.64. The fourth-order valence-corrected chi connectivity index (χ4v) is 2.26. The average Bonchev–Trinajstić information content (AvgIpc) is 2.75. The van der Waals surface area contributed by atoms with Gasteiger partial charge in [-0.25, -0.2) is 0 Å². The molecule has 0 bridgehead atoms. The minimum absolute atomic E-state index is 0.656. The molecule has 0 fully saturated rings. The Morgan fingerprint density at radius 1 is 1.44 bits per heavy atom. The Balaban J connectivity index is 2.15. The number of hydrogen-bond donors (Lipinski definition) is 1. The van der Waals surface area contributed by atoms with Gasteiger partial charge in [0.25, 0.3) is 0 Å². The van der Waals surface area contributed by atoms with Gasteiger partial charge in [-0.05, 0) is 24.6 Å². The van der Waals surface area contributed by atoms with E-state index in [-0.39, 0.29) is 0 Å². The molecule has 16 heavy (non-hydrogen) atoms. The lowest BCUT2D eigenvalue weighted by Gasteiger charge is -2.07. The Morgan fingerprint density at radius 2 is 2.31 bits per heavy atom. The van der Waals surface area contributed by atoms with Gasteiger partial charge in [-0.3, -0.25) is 0 Å². The fourth-order valence-electron chi connectivity index (χ4n) is 1.40. The first-order chi connectivity index (χ1) is 7.79. The summed E-state index contributed by atoms with van der Waals surface area (Å²) in [6, 6.07) is 5.99. The molecular weight excluding hydrogens is 240 g/mol. The van der Waals surface area contributed by atoms with Gasteiger partial charge >= 0.3 is 0 Å². The van der Waals surface area contributed by atoms with Crippen LogP contribution in [0.1, 0.15) is 17.5 Å². The number of aromatic nitrogens is 2. The Hall–Kier alpha value is -1.07. The molecule has 0 saturated carbocycles. The van der Waals surface area contributed by atoms with Crippen molar-refractivity contribution in [3.05, 3.63) is 34.3 Å². The highest BCUT2D eigenvalue weighted by molar-refractivity contribution is 7.80. The predicted octanol–water partition coefficient (Wildman–Crippen LogP) is 2.82. The van der Waals surface area contributed by atoms with Crippen LogP contribution in [-0.2, 0) is 6.42 Å². The summed E-state index contributed by atoms with van der Waals surface area (Å²) in [7, 11) is 0. The van der Waals surface area contributed by atoms with Crippen molar-refractivity contribution >= 4 is 24.0 Å². The molecule has 0 radical (unpaired) electrons. The van der Waals surface area contributed by atoms with Crippen molar-refractivity contribution in [3.63, 3.8) is 0 Å². The molecule has 0 spiro atoms. The molecule has 2 rings (SSSR count). The van der Waals surface area contributed by atoms with Crippen LogP contribution < -0.4 is 4.74 Å². The molecule has 0 aliphatic carbocycles. The molecule has 1 heterocycles. The molecule has 0 aliphatic heterocycles. The summed E-state index contributed by atoms with van der Waals surface area (Å²) in [5.74, 6) is 0.826. The molecule has 0 unspecified atom stereocenters. The highest BCUT2D eigenvalue weighted by atomic mass is 32.1. The quantitative estimate of drug-likeness (QED) is 0.850. The topological polar surface area (TPSA) is 35.0 Å². The number of ether oxygens (including phenoxy) is 1. The highest BCUT2D eigenvalue weighted by Gasteiger charge is 2.04. The van der Waals surface area contributed by atoms with E-state index in [9.17, 15) is 0 Å². The van der Waals surface area contributed by atoms with Crippen LogP contribution in [0.2, 0.25) is 0 Å². The molecule has 1 aromatic carbocycles. The van der Waals surface area contributed by atoms with Gasteiger partial charge in [-0.2, -0.15) is 0 Å². The van der Waals surface area contributed by atoms with Crippen molar-refractivity contribution in [2.75, 3.05) is 6.61 Å². The Kier molecular flexibility index (Phi) is 3.79. The van der Waals surface area contributed by atoms with Crippen LogP contribution in [0, 0.1) is 0 Å². The van der Waals surface area contributed by atoms with Gasteiger partial charge in [-0.1, -0.05) is 6.07 Å². The molecule has 2 aromatic rings. The van der Waals surface area contributed by atoms with Crippen LogP contribution in [0.4, 0.5) is 0 Å². The van der Waals surface area contributed by atoms with E-state index in [0.29, 0.717) is 6.61 Å². The molecule has 84 valence electrons. The Morgan fingerprint density at radius 3 is 2.94 bits per heavy atom. The van der Waals surface area contributed by atoms with E-state index in [1.807, 2.05) is 25.1 Å². The van der Waals surface area contributed by atoms with Gasteiger partial charge in [0, 0.05) is 11.3 Å². The smallest absolute Gasteiger partial charge is 0.132 e. The molecule has 3 nitrogen and oxygen atoms in total. The SMILES string of the molecule is CCOc1ccc(Cc2nncs2)cc1S. The first kappa shape index (κ1) is 11.4. The van der Waals surface area contributed by atoms with Gasteiger partial charge in [0.1, 0.15) is 16.3 Å². The van der Waals surface area contributed by atoms with Gasteiger partial charge in [0.05, 0.1) is 6.61 Å². The average molecular weight is 252 g/mol. The molecule has 0 saturated heterocycles. The number of rotatable bonds is 4. The van der Waals surface area contributed by atoms with Crippen molar-refractivity contribution in [1.29, 1.82) is 0 Å². The van der Waals surface area contributed by atoms with E-state index in [2.05, 4.69) is 22.8 Å². The number of nitrogens with zero attached hydrogens (tertiary/aromatic N) is 2. The minimum Gasteiger partial charge on any atom is -0.493 e. The normalized spacial score (nSPS) is 10.4. The van der Waals surface area contributed by atoms with E-state index in [4.69, 9.17) is 4.74 Å². The third-order valence-electron chi connectivity index (χ3n) is 2.08. The van der Waals surface area contributed by atoms with Gasteiger partial charge in [-0.15, -0.1) is 34.2 Å². The summed E-state index contributed by atoms with van der Waals surface area (Å²) in [6.07, 6.45) is 0.796. The largest absolute Gasteiger partial charge is 0.493 e. The number of thiol groups is 1.